The molecule has 2 amide bonds. The number of nitrogens with two attached hydrogens (primary N) is 1. The van der Waals surface area contributed by atoms with Crippen molar-refractivity contribution in [2.24, 2.45) is 5.73 Å². The number of carbonyl (C=O) groups excluding carboxylic acids is 2. The van der Waals surface area contributed by atoms with Crippen LogP contribution in [0.1, 0.15) is 43.1 Å². The van der Waals surface area contributed by atoms with Gasteiger partial charge < -0.3 is 11.1 Å². The van der Waals surface area contributed by atoms with Crippen LogP contribution in [-0.4, -0.2) is 16.8 Å². The molecule has 1 aliphatic rings. The molecule has 8 heteroatoms. The normalized spacial score (nSPS) is 17.7. The van der Waals surface area contributed by atoms with Gasteiger partial charge in [0.15, 0.2) is 0 Å². The summed E-state index contributed by atoms with van der Waals surface area (Å²) in [6.07, 6.45) is 2.57. The third-order valence-corrected chi connectivity index (χ3v) is 6.00. The maximum Gasteiger partial charge on any atom is 0.263 e. The van der Waals surface area contributed by atoms with Crippen molar-refractivity contribution in [1.29, 1.82) is 0 Å². The predicted octanol–water partition coefficient (Wildman–Crippen LogP) is 3.33. The SMILES string of the molecule is NC(=O)c1ccc(C[C@]2(NC(=O)c3cncs3)CCc3c(F)cc(F)cc32)cc1. The summed E-state index contributed by atoms with van der Waals surface area (Å²) >= 11 is 1.19. The monoisotopic (exact) mass is 413 g/mol. The summed E-state index contributed by atoms with van der Waals surface area (Å²) in [5.74, 6) is -2.19. The molecule has 1 atom stereocenters. The Balaban J connectivity index is 1.75. The van der Waals surface area contributed by atoms with Gasteiger partial charge in [0, 0.05) is 11.6 Å². The molecule has 3 N–H and O–H groups in total. The molecule has 3 aromatic rings. The van der Waals surface area contributed by atoms with E-state index in [0.29, 0.717) is 40.8 Å². The molecule has 0 radical (unpaired) electrons. The number of carbonyl (C=O) groups is 2. The second-order valence-electron chi connectivity index (χ2n) is 7.05. The lowest BCUT2D eigenvalue weighted by Crippen LogP contribution is -2.46. The van der Waals surface area contributed by atoms with E-state index in [-0.39, 0.29) is 5.91 Å². The Kier molecular flexibility index (Phi) is 4.87. The van der Waals surface area contributed by atoms with Gasteiger partial charge in [-0.2, -0.15) is 0 Å². The molecule has 0 spiro atoms. The number of benzene rings is 2. The van der Waals surface area contributed by atoms with Crippen molar-refractivity contribution in [3.63, 3.8) is 0 Å². The number of halogens is 2. The molecule has 0 bridgehead atoms. The number of fused-ring (bicyclic) bond motifs is 1. The first-order valence-corrected chi connectivity index (χ1v) is 9.84. The van der Waals surface area contributed by atoms with Crippen LogP contribution in [-0.2, 0) is 18.4 Å². The quantitative estimate of drug-likeness (QED) is 0.673. The zero-order valence-corrected chi connectivity index (χ0v) is 16.1. The second kappa shape index (κ2) is 7.36. The highest BCUT2D eigenvalue weighted by Crippen LogP contribution is 2.41. The molecule has 148 valence electrons. The Morgan fingerprint density at radius 1 is 1.21 bits per heavy atom. The van der Waals surface area contributed by atoms with Gasteiger partial charge in [-0.05, 0) is 54.2 Å². The highest BCUT2D eigenvalue weighted by molar-refractivity contribution is 7.11. The van der Waals surface area contributed by atoms with Gasteiger partial charge in [0.1, 0.15) is 16.5 Å². The van der Waals surface area contributed by atoms with Crippen molar-refractivity contribution in [2.75, 3.05) is 0 Å². The van der Waals surface area contributed by atoms with Crippen LogP contribution < -0.4 is 11.1 Å². The van der Waals surface area contributed by atoms with Crippen molar-refractivity contribution < 1.29 is 18.4 Å². The summed E-state index contributed by atoms with van der Waals surface area (Å²) in [6.45, 7) is 0. The van der Waals surface area contributed by atoms with Crippen molar-refractivity contribution in [1.82, 2.24) is 10.3 Å². The molecule has 0 fully saturated rings. The number of primary amides is 1. The first-order valence-electron chi connectivity index (χ1n) is 8.96. The van der Waals surface area contributed by atoms with E-state index in [2.05, 4.69) is 10.3 Å². The fourth-order valence-electron chi connectivity index (χ4n) is 3.86. The Bertz CT molecular complexity index is 1080. The van der Waals surface area contributed by atoms with Crippen LogP contribution in [0.3, 0.4) is 0 Å². The summed E-state index contributed by atoms with van der Waals surface area (Å²) in [7, 11) is 0. The van der Waals surface area contributed by atoms with Gasteiger partial charge in [-0.15, -0.1) is 11.3 Å². The largest absolute Gasteiger partial charge is 0.366 e. The molecule has 29 heavy (non-hydrogen) atoms. The Morgan fingerprint density at radius 3 is 2.62 bits per heavy atom. The lowest BCUT2D eigenvalue weighted by molar-refractivity contribution is 0.0898. The molecule has 1 aliphatic carbocycles. The number of nitrogens with zero attached hydrogens (tertiary/aromatic N) is 1. The maximum absolute atomic E-state index is 14.4. The fourth-order valence-corrected chi connectivity index (χ4v) is 4.37. The summed E-state index contributed by atoms with van der Waals surface area (Å²) < 4.78 is 28.4. The molecule has 2 aromatic carbocycles. The molecule has 0 saturated heterocycles. The minimum atomic E-state index is -0.979. The van der Waals surface area contributed by atoms with Crippen LogP contribution in [0.25, 0.3) is 0 Å². The van der Waals surface area contributed by atoms with Gasteiger partial charge in [0.05, 0.1) is 17.2 Å². The van der Waals surface area contributed by atoms with Crippen LogP contribution in [0, 0.1) is 11.6 Å². The van der Waals surface area contributed by atoms with Gasteiger partial charge >= 0.3 is 0 Å². The first-order chi connectivity index (χ1) is 13.9. The molecular formula is C21H17F2N3O2S. The third kappa shape index (κ3) is 3.63. The standard InChI is InChI=1S/C21H17F2N3O2S/c22-14-7-16-15(17(23)8-14)5-6-21(16,26-20(28)18-10-25-11-29-18)9-12-1-3-13(4-2-12)19(24)27/h1-4,7-8,10-11H,5-6,9H2,(H2,24,27)(H,26,28)/t21-/m1/s1. The molecule has 5 nitrogen and oxygen atoms in total. The lowest BCUT2D eigenvalue weighted by Gasteiger charge is -2.32. The summed E-state index contributed by atoms with van der Waals surface area (Å²) in [5.41, 5.74) is 7.86. The Labute approximate surface area is 169 Å². The highest BCUT2D eigenvalue weighted by atomic mass is 32.1. The predicted molar refractivity (Wildman–Crippen MR) is 105 cm³/mol. The van der Waals surface area contributed by atoms with Crippen LogP contribution in [0.5, 0.6) is 0 Å². The van der Waals surface area contributed by atoms with E-state index in [1.807, 2.05) is 0 Å². The molecule has 1 aromatic heterocycles. The van der Waals surface area contributed by atoms with Crippen LogP contribution in [0.4, 0.5) is 8.78 Å². The molecule has 4 rings (SSSR count). The minimum absolute atomic E-state index is 0.312. The average Bonchev–Trinajstić information content (AvgIpc) is 3.32. The van der Waals surface area contributed by atoms with Gasteiger partial charge in [-0.25, -0.2) is 8.78 Å². The average molecular weight is 413 g/mol. The van der Waals surface area contributed by atoms with E-state index >= 15 is 0 Å². The molecule has 0 unspecified atom stereocenters. The summed E-state index contributed by atoms with van der Waals surface area (Å²) in [6, 6.07) is 8.80. The van der Waals surface area contributed by atoms with E-state index in [1.54, 1.807) is 29.8 Å². The number of hydrogen-bond donors (Lipinski definition) is 2. The van der Waals surface area contributed by atoms with Crippen LogP contribution in [0.2, 0.25) is 0 Å². The number of amides is 2. The van der Waals surface area contributed by atoms with Gasteiger partial charge in [0.2, 0.25) is 5.91 Å². The summed E-state index contributed by atoms with van der Waals surface area (Å²) in [5, 5.41) is 3.00. The molecular weight excluding hydrogens is 396 g/mol. The number of nitrogens with one attached hydrogen (secondary N) is 1. The summed E-state index contributed by atoms with van der Waals surface area (Å²) in [4.78, 5) is 28.4. The zero-order chi connectivity index (χ0) is 20.6. The Morgan fingerprint density at radius 2 is 1.97 bits per heavy atom. The minimum Gasteiger partial charge on any atom is -0.366 e. The van der Waals surface area contributed by atoms with Gasteiger partial charge in [-0.1, -0.05) is 12.1 Å². The van der Waals surface area contributed by atoms with Crippen molar-refractivity contribution in [3.05, 3.63) is 86.9 Å². The number of rotatable bonds is 5. The topological polar surface area (TPSA) is 85.1 Å². The number of aromatic nitrogens is 1. The van der Waals surface area contributed by atoms with Crippen LogP contribution >= 0.6 is 11.3 Å². The maximum atomic E-state index is 14.4. The smallest absolute Gasteiger partial charge is 0.263 e. The first kappa shape index (κ1) is 19.2. The Hall–Kier alpha value is -3.13. The number of thiazole rings is 1. The van der Waals surface area contributed by atoms with Crippen LogP contribution in [0.15, 0.2) is 48.1 Å². The van der Waals surface area contributed by atoms with Crippen molar-refractivity contribution >= 4 is 23.2 Å². The zero-order valence-electron chi connectivity index (χ0n) is 15.2. The molecule has 0 saturated carbocycles. The van der Waals surface area contributed by atoms with E-state index in [0.717, 1.165) is 11.6 Å². The van der Waals surface area contributed by atoms with E-state index < -0.39 is 23.1 Å². The van der Waals surface area contributed by atoms with E-state index in [4.69, 9.17) is 5.73 Å². The fraction of sp³-hybridized carbons (Fsp3) is 0.190. The van der Waals surface area contributed by atoms with Crippen molar-refractivity contribution in [3.8, 4) is 0 Å². The number of hydrogen-bond acceptors (Lipinski definition) is 4. The molecule has 0 aliphatic heterocycles. The second-order valence-corrected chi connectivity index (χ2v) is 7.94. The highest BCUT2D eigenvalue weighted by Gasteiger charge is 2.42. The van der Waals surface area contributed by atoms with Gasteiger partial charge in [-0.3, -0.25) is 14.6 Å². The lowest BCUT2D eigenvalue weighted by atomic mass is 9.84. The van der Waals surface area contributed by atoms with Crippen molar-refractivity contribution in [2.45, 2.75) is 24.8 Å². The third-order valence-electron chi connectivity index (χ3n) is 5.23. The van der Waals surface area contributed by atoms with E-state index in [9.17, 15) is 18.4 Å². The van der Waals surface area contributed by atoms with Gasteiger partial charge in [0.25, 0.3) is 5.91 Å². The van der Waals surface area contributed by atoms with E-state index in [1.165, 1.54) is 23.6 Å². The molecule has 1 heterocycles.